The average molecular weight is 260 g/mol. The molecule has 0 amide bonds. The van der Waals surface area contributed by atoms with E-state index < -0.39 is 5.97 Å². The number of hydrogen-bond donors (Lipinski definition) is 1. The normalized spacial score (nSPS) is 20.6. The van der Waals surface area contributed by atoms with Crippen molar-refractivity contribution in [3.63, 3.8) is 0 Å². The van der Waals surface area contributed by atoms with E-state index in [1.807, 2.05) is 24.3 Å². The molecule has 102 valence electrons. The van der Waals surface area contributed by atoms with Crippen LogP contribution in [0, 0.1) is 5.92 Å². The predicted octanol–water partition coefficient (Wildman–Crippen LogP) is 3.59. The fourth-order valence-corrected chi connectivity index (χ4v) is 2.78. The number of benzene rings is 1. The molecular formula is C16H20O3. The quantitative estimate of drug-likeness (QED) is 0.850. The molecule has 0 aliphatic heterocycles. The predicted molar refractivity (Wildman–Crippen MR) is 72.4 cm³/mol. The summed E-state index contributed by atoms with van der Waals surface area (Å²) in [7, 11) is 0. The van der Waals surface area contributed by atoms with Crippen LogP contribution in [0.5, 0.6) is 5.75 Å². The van der Waals surface area contributed by atoms with E-state index in [9.17, 15) is 4.79 Å². The Kier molecular flexibility index (Phi) is 3.45. The van der Waals surface area contributed by atoms with Crippen molar-refractivity contribution in [2.24, 2.45) is 5.92 Å². The summed E-state index contributed by atoms with van der Waals surface area (Å²) < 4.78 is 6.03. The van der Waals surface area contributed by atoms with Crippen LogP contribution in [0.25, 0.3) is 0 Å². The SMILES string of the molecule is O=C(O)CC(c1ccccc1OC1CCC1)C1CC1. The molecule has 1 aromatic rings. The number of carboxylic acid groups (broad SMARTS) is 1. The molecule has 1 unspecified atom stereocenters. The molecule has 2 aliphatic rings. The minimum absolute atomic E-state index is 0.119. The van der Waals surface area contributed by atoms with Gasteiger partial charge in [-0.25, -0.2) is 0 Å². The molecule has 2 aliphatic carbocycles. The van der Waals surface area contributed by atoms with Gasteiger partial charge in [-0.1, -0.05) is 18.2 Å². The summed E-state index contributed by atoms with van der Waals surface area (Å²) in [6.07, 6.45) is 6.35. The van der Waals surface area contributed by atoms with Crippen LogP contribution in [-0.4, -0.2) is 17.2 Å². The molecule has 0 heterocycles. The van der Waals surface area contributed by atoms with Gasteiger partial charge in [-0.05, 0) is 49.7 Å². The van der Waals surface area contributed by atoms with E-state index in [4.69, 9.17) is 9.84 Å². The van der Waals surface area contributed by atoms with Gasteiger partial charge >= 0.3 is 5.97 Å². The van der Waals surface area contributed by atoms with E-state index in [2.05, 4.69) is 0 Å². The van der Waals surface area contributed by atoms with Gasteiger partial charge in [-0.2, -0.15) is 0 Å². The second kappa shape index (κ2) is 5.24. The first-order valence-corrected chi connectivity index (χ1v) is 7.21. The lowest BCUT2D eigenvalue weighted by Gasteiger charge is -2.29. The highest BCUT2D eigenvalue weighted by molar-refractivity contribution is 5.68. The third-order valence-corrected chi connectivity index (χ3v) is 4.25. The molecule has 19 heavy (non-hydrogen) atoms. The van der Waals surface area contributed by atoms with E-state index in [1.165, 1.54) is 6.42 Å². The molecule has 3 heteroatoms. The van der Waals surface area contributed by atoms with E-state index in [0.717, 1.165) is 37.0 Å². The summed E-state index contributed by atoms with van der Waals surface area (Å²) in [5.41, 5.74) is 1.10. The zero-order chi connectivity index (χ0) is 13.2. The van der Waals surface area contributed by atoms with E-state index in [-0.39, 0.29) is 12.3 Å². The van der Waals surface area contributed by atoms with Crippen molar-refractivity contribution in [3.05, 3.63) is 29.8 Å². The van der Waals surface area contributed by atoms with E-state index in [1.54, 1.807) is 0 Å². The Morgan fingerprint density at radius 3 is 2.58 bits per heavy atom. The summed E-state index contributed by atoms with van der Waals surface area (Å²) in [5.74, 6) is 0.844. The van der Waals surface area contributed by atoms with Gasteiger partial charge in [-0.15, -0.1) is 0 Å². The van der Waals surface area contributed by atoms with Crippen LogP contribution >= 0.6 is 0 Å². The molecular weight excluding hydrogens is 240 g/mol. The largest absolute Gasteiger partial charge is 0.490 e. The number of para-hydroxylation sites is 1. The van der Waals surface area contributed by atoms with Gasteiger partial charge in [0.05, 0.1) is 12.5 Å². The topological polar surface area (TPSA) is 46.5 Å². The maximum atomic E-state index is 11.1. The highest BCUT2D eigenvalue weighted by Gasteiger charge is 2.35. The highest BCUT2D eigenvalue weighted by atomic mass is 16.5. The highest BCUT2D eigenvalue weighted by Crippen LogP contribution is 2.47. The van der Waals surface area contributed by atoms with Gasteiger partial charge in [-0.3, -0.25) is 4.79 Å². The van der Waals surface area contributed by atoms with E-state index >= 15 is 0 Å². The second-order valence-electron chi connectivity index (χ2n) is 5.75. The molecule has 2 saturated carbocycles. The molecule has 2 fully saturated rings. The number of ether oxygens (including phenoxy) is 1. The third kappa shape index (κ3) is 2.91. The number of carbonyl (C=O) groups is 1. The monoisotopic (exact) mass is 260 g/mol. The standard InChI is InChI=1S/C16H20O3/c17-16(18)10-14(11-8-9-11)13-6-1-2-7-15(13)19-12-4-3-5-12/h1-2,6-7,11-12,14H,3-5,8-10H2,(H,17,18). The van der Waals surface area contributed by atoms with Gasteiger partial charge in [0, 0.05) is 5.92 Å². The minimum Gasteiger partial charge on any atom is -0.490 e. The first-order valence-electron chi connectivity index (χ1n) is 7.21. The van der Waals surface area contributed by atoms with Crippen LogP contribution in [0.15, 0.2) is 24.3 Å². The number of rotatable bonds is 6. The number of carboxylic acids is 1. The molecule has 1 atom stereocenters. The van der Waals surface area contributed by atoms with Crippen molar-refractivity contribution in [1.29, 1.82) is 0 Å². The summed E-state index contributed by atoms with van der Waals surface area (Å²) in [5, 5.41) is 9.11. The summed E-state index contributed by atoms with van der Waals surface area (Å²) in [6, 6.07) is 7.99. The average Bonchev–Trinajstić information content (AvgIpc) is 3.15. The van der Waals surface area contributed by atoms with Crippen LogP contribution in [-0.2, 0) is 4.79 Å². The lowest BCUT2D eigenvalue weighted by atomic mass is 9.90. The van der Waals surface area contributed by atoms with Crippen molar-refractivity contribution in [1.82, 2.24) is 0 Å². The summed E-state index contributed by atoms with van der Waals surface area (Å²) in [4.78, 5) is 11.1. The van der Waals surface area contributed by atoms with Gasteiger partial charge in [0.1, 0.15) is 5.75 Å². The van der Waals surface area contributed by atoms with Gasteiger partial charge in [0.15, 0.2) is 0 Å². The van der Waals surface area contributed by atoms with E-state index in [0.29, 0.717) is 12.0 Å². The molecule has 0 bridgehead atoms. The van der Waals surface area contributed by atoms with Crippen LogP contribution in [0.4, 0.5) is 0 Å². The Bertz CT molecular complexity index is 461. The second-order valence-corrected chi connectivity index (χ2v) is 5.75. The summed E-state index contributed by atoms with van der Waals surface area (Å²) >= 11 is 0. The fraction of sp³-hybridized carbons (Fsp3) is 0.562. The Labute approximate surface area is 113 Å². The van der Waals surface area contributed by atoms with Gasteiger partial charge in [0.25, 0.3) is 0 Å². The molecule has 1 N–H and O–H groups in total. The molecule has 0 spiro atoms. The maximum Gasteiger partial charge on any atom is 0.303 e. The zero-order valence-electron chi connectivity index (χ0n) is 11.0. The van der Waals surface area contributed by atoms with Crippen LogP contribution in [0.2, 0.25) is 0 Å². The van der Waals surface area contributed by atoms with Gasteiger partial charge < -0.3 is 9.84 Å². The Morgan fingerprint density at radius 1 is 1.26 bits per heavy atom. The third-order valence-electron chi connectivity index (χ3n) is 4.25. The van der Waals surface area contributed by atoms with Crippen LogP contribution in [0.1, 0.15) is 50.0 Å². The molecule has 0 radical (unpaired) electrons. The number of hydrogen-bond acceptors (Lipinski definition) is 2. The lowest BCUT2D eigenvalue weighted by Crippen LogP contribution is -2.25. The maximum absolute atomic E-state index is 11.1. The van der Waals surface area contributed by atoms with Crippen LogP contribution in [0.3, 0.4) is 0 Å². The van der Waals surface area contributed by atoms with Crippen molar-refractivity contribution in [3.8, 4) is 5.75 Å². The first-order chi connectivity index (χ1) is 9.24. The van der Waals surface area contributed by atoms with Crippen molar-refractivity contribution >= 4 is 5.97 Å². The Hall–Kier alpha value is -1.51. The van der Waals surface area contributed by atoms with Gasteiger partial charge in [0.2, 0.25) is 0 Å². The zero-order valence-corrected chi connectivity index (χ0v) is 11.0. The van der Waals surface area contributed by atoms with Crippen molar-refractivity contribution in [2.75, 3.05) is 0 Å². The molecule has 0 aromatic heterocycles. The smallest absolute Gasteiger partial charge is 0.303 e. The lowest BCUT2D eigenvalue weighted by molar-refractivity contribution is -0.137. The fourth-order valence-electron chi connectivity index (χ4n) is 2.78. The molecule has 3 nitrogen and oxygen atoms in total. The van der Waals surface area contributed by atoms with Crippen molar-refractivity contribution < 1.29 is 14.6 Å². The Balaban J connectivity index is 1.81. The number of aliphatic carboxylic acids is 1. The molecule has 1 aromatic carbocycles. The Morgan fingerprint density at radius 2 is 2.00 bits per heavy atom. The van der Waals surface area contributed by atoms with Crippen LogP contribution < -0.4 is 4.74 Å². The molecule has 0 saturated heterocycles. The minimum atomic E-state index is -0.713. The first kappa shape index (κ1) is 12.5. The molecule has 3 rings (SSSR count). The summed E-state index contributed by atoms with van der Waals surface area (Å²) in [6.45, 7) is 0. The van der Waals surface area contributed by atoms with Crippen molar-refractivity contribution in [2.45, 2.75) is 50.5 Å².